The van der Waals surface area contributed by atoms with Crippen LogP contribution < -0.4 is 0 Å². The fourth-order valence-electron chi connectivity index (χ4n) is 1.90. The van der Waals surface area contributed by atoms with Crippen LogP contribution in [0.15, 0.2) is 30.3 Å². The van der Waals surface area contributed by atoms with E-state index in [2.05, 4.69) is 0 Å². The Morgan fingerprint density at radius 3 is 2.40 bits per heavy atom. The molecule has 1 aromatic carbocycles. The zero-order chi connectivity index (χ0) is 15.0. The van der Waals surface area contributed by atoms with Crippen molar-refractivity contribution in [2.45, 2.75) is 19.1 Å². The molecule has 1 amide bonds. The van der Waals surface area contributed by atoms with E-state index in [0.717, 1.165) is 5.56 Å². The van der Waals surface area contributed by atoms with Gasteiger partial charge in [-0.25, -0.2) is 0 Å². The van der Waals surface area contributed by atoms with E-state index >= 15 is 0 Å². The van der Waals surface area contributed by atoms with Crippen LogP contribution in [-0.4, -0.2) is 41.1 Å². The second-order valence-electron chi connectivity index (χ2n) is 4.29. The summed E-state index contributed by atoms with van der Waals surface area (Å²) < 4.78 is 0. The molecule has 1 rings (SSSR count). The quantitative estimate of drug-likeness (QED) is 0.546. The fraction of sp³-hybridized carbons (Fsp3) is 0.500. The first-order chi connectivity index (χ1) is 9.58. The summed E-state index contributed by atoms with van der Waals surface area (Å²) >= 11 is 1.34. The van der Waals surface area contributed by atoms with Crippen LogP contribution in [0.3, 0.4) is 0 Å². The molecule has 0 aliphatic heterocycles. The Bertz CT molecular complexity index is 435. The zero-order valence-corrected chi connectivity index (χ0v) is 12.6. The highest BCUT2D eigenvalue weighted by Gasteiger charge is 2.20. The molecule has 0 saturated carbocycles. The van der Waals surface area contributed by atoms with Gasteiger partial charge >= 0.3 is 0 Å². The summed E-state index contributed by atoms with van der Waals surface area (Å²) in [4.78, 5) is 24.1. The Morgan fingerprint density at radius 2 is 1.90 bits per heavy atom. The molecular weight excluding hydrogens is 276 g/mol. The molecule has 1 atom stereocenters. The number of rotatable bonds is 8. The van der Waals surface area contributed by atoms with Crippen LogP contribution in [0.2, 0.25) is 0 Å². The lowest BCUT2D eigenvalue weighted by atomic mass is 10.1. The van der Waals surface area contributed by atoms with Crippen LogP contribution in [-0.2, 0) is 4.79 Å². The van der Waals surface area contributed by atoms with Crippen LogP contribution in [0.4, 0.5) is 0 Å². The van der Waals surface area contributed by atoms with E-state index in [9.17, 15) is 14.9 Å². The number of hydrogen-bond acceptors (Lipinski definition) is 4. The van der Waals surface area contributed by atoms with Gasteiger partial charge in [-0.2, -0.15) is 0 Å². The van der Waals surface area contributed by atoms with Crippen molar-refractivity contribution in [3.63, 3.8) is 0 Å². The van der Waals surface area contributed by atoms with Crippen LogP contribution in [0.25, 0.3) is 0 Å². The van der Waals surface area contributed by atoms with Gasteiger partial charge in [0.1, 0.15) is 0 Å². The van der Waals surface area contributed by atoms with Gasteiger partial charge in [0.05, 0.1) is 11.0 Å². The van der Waals surface area contributed by atoms with E-state index in [0.29, 0.717) is 13.1 Å². The molecule has 0 aliphatic rings. The van der Waals surface area contributed by atoms with Gasteiger partial charge in [0, 0.05) is 18.0 Å². The van der Waals surface area contributed by atoms with E-state index in [-0.39, 0.29) is 28.4 Å². The highest BCUT2D eigenvalue weighted by atomic mass is 32.2. The van der Waals surface area contributed by atoms with E-state index in [1.165, 1.54) is 11.8 Å². The predicted octanol–water partition coefficient (Wildman–Crippen LogP) is 2.61. The van der Waals surface area contributed by atoms with Crippen molar-refractivity contribution in [1.82, 2.24) is 4.90 Å². The number of nitro groups is 1. The summed E-state index contributed by atoms with van der Waals surface area (Å²) in [6.07, 6.45) is 0. The molecule has 0 radical (unpaired) electrons. The Hall–Kier alpha value is -1.56. The third kappa shape index (κ3) is 5.21. The lowest BCUT2D eigenvalue weighted by Crippen LogP contribution is -2.32. The lowest BCUT2D eigenvalue weighted by molar-refractivity contribution is -0.479. The molecule has 1 aromatic rings. The smallest absolute Gasteiger partial charge is 0.232 e. The molecule has 0 N–H and O–H groups in total. The number of amides is 1. The minimum atomic E-state index is -0.327. The first-order valence-electron chi connectivity index (χ1n) is 6.64. The van der Waals surface area contributed by atoms with Gasteiger partial charge in [0.15, 0.2) is 0 Å². The molecule has 110 valence electrons. The minimum absolute atomic E-state index is 0.0317. The monoisotopic (exact) mass is 296 g/mol. The van der Waals surface area contributed by atoms with E-state index in [4.69, 9.17) is 0 Å². The standard InChI is InChI=1S/C14H20N2O3S/c1-3-15(4-2)14(17)11-20-13(10-16(18)19)12-8-6-5-7-9-12/h5-9,13H,3-4,10-11H2,1-2H3. The first kappa shape index (κ1) is 16.5. The van der Waals surface area contributed by atoms with E-state index < -0.39 is 0 Å². The van der Waals surface area contributed by atoms with Crippen LogP contribution in [0, 0.1) is 10.1 Å². The molecule has 0 heterocycles. The molecular formula is C14H20N2O3S. The summed E-state index contributed by atoms with van der Waals surface area (Å²) in [6.45, 7) is 5.03. The van der Waals surface area contributed by atoms with Crippen molar-refractivity contribution in [1.29, 1.82) is 0 Å². The Morgan fingerprint density at radius 1 is 1.30 bits per heavy atom. The fourth-order valence-corrected chi connectivity index (χ4v) is 3.00. The van der Waals surface area contributed by atoms with Gasteiger partial charge < -0.3 is 4.90 Å². The Kier molecular flexibility index (Phi) is 7.08. The SMILES string of the molecule is CCN(CC)C(=O)CSC(C[N+](=O)[O-])c1ccccc1. The second-order valence-corrected chi connectivity index (χ2v) is 5.48. The largest absolute Gasteiger partial charge is 0.343 e. The number of thioether (sulfide) groups is 1. The summed E-state index contributed by atoms with van der Waals surface area (Å²) in [5.74, 6) is 0.305. The molecule has 0 aromatic heterocycles. The molecule has 0 bridgehead atoms. The van der Waals surface area contributed by atoms with Crippen LogP contribution in [0.1, 0.15) is 24.7 Å². The molecule has 0 fully saturated rings. The molecule has 1 unspecified atom stereocenters. The van der Waals surface area contributed by atoms with Crippen LogP contribution >= 0.6 is 11.8 Å². The minimum Gasteiger partial charge on any atom is -0.343 e. The third-order valence-corrected chi connectivity index (χ3v) is 4.25. The highest BCUT2D eigenvalue weighted by molar-refractivity contribution is 8.00. The van der Waals surface area contributed by atoms with Crippen molar-refractivity contribution in [2.24, 2.45) is 0 Å². The van der Waals surface area contributed by atoms with Gasteiger partial charge in [0.2, 0.25) is 12.5 Å². The summed E-state index contributed by atoms with van der Waals surface area (Å²) in [7, 11) is 0. The topological polar surface area (TPSA) is 63.5 Å². The van der Waals surface area contributed by atoms with Crippen molar-refractivity contribution < 1.29 is 9.72 Å². The van der Waals surface area contributed by atoms with Gasteiger partial charge in [-0.15, -0.1) is 11.8 Å². The van der Waals surface area contributed by atoms with Gasteiger partial charge in [-0.1, -0.05) is 30.3 Å². The van der Waals surface area contributed by atoms with Crippen molar-refractivity contribution in [3.05, 3.63) is 46.0 Å². The van der Waals surface area contributed by atoms with E-state index in [1.54, 1.807) is 4.90 Å². The van der Waals surface area contributed by atoms with Crippen molar-refractivity contribution >= 4 is 17.7 Å². The predicted molar refractivity (Wildman–Crippen MR) is 81.4 cm³/mol. The average Bonchev–Trinajstić information content (AvgIpc) is 2.45. The molecule has 0 spiro atoms. The van der Waals surface area contributed by atoms with Gasteiger partial charge in [-0.05, 0) is 19.4 Å². The number of benzene rings is 1. The van der Waals surface area contributed by atoms with Gasteiger partial charge in [-0.3, -0.25) is 14.9 Å². The number of hydrogen-bond donors (Lipinski definition) is 0. The Balaban J connectivity index is 2.67. The van der Waals surface area contributed by atoms with E-state index in [1.807, 2.05) is 44.2 Å². The highest BCUT2D eigenvalue weighted by Crippen LogP contribution is 2.29. The number of carbonyl (C=O) groups is 1. The molecule has 5 nitrogen and oxygen atoms in total. The summed E-state index contributed by atoms with van der Waals surface area (Å²) in [5.41, 5.74) is 0.890. The maximum atomic E-state index is 12.0. The average molecular weight is 296 g/mol. The van der Waals surface area contributed by atoms with Crippen molar-refractivity contribution in [2.75, 3.05) is 25.4 Å². The molecule has 0 saturated heterocycles. The number of nitrogens with zero attached hydrogens (tertiary/aromatic N) is 2. The van der Waals surface area contributed by atoms with Gasteiger partial charge in [0.25, 0.3) is 0 Å². The summed E-state index contributed by atoms with van der Waals surface area (Å²) in [5, 5.41) is 10.5. The lowest BCUT2D eigenvalue weighted by Gasteiger charge is -2.20. The molecule has 6 heteroatoms. The maximum absolute atomic E-state index is 12.0. The number of carbonyl (C=O) groups excluding carboxylic acids is 1. The zero-order valence-electron chi connectivity index (χ0n) is 11.8. The molecule has 20 heavy (non-hydrogen) atoms. The van der Waals surface area contributed by atoms with Crippen molar-refractivity contribution in [3.8, 4) is 0 Å². The summed E-state index contributed by atoms with van der Waals surface area (Å²) in [6, 6.07) is 9.31. The first-order valence-corrected chi connectivity index (χ1v) is 7.69. The normalized spacial score (nSPS) is 11.9. The Labute approximate surface area is 123 Å². The third-order valence-electron chi connectivity index (χ3n) is 3.01. The molecule has 0 aliphatic carbocycles. The second kappa shape index (κ2) is 8.58. The maximum Gasteiger partial charge on any atom is 0.232 e. The van der Waals surface area contributed by atoms with Crippen LogP contribution in [0.5, 0.6) is 0 Å².